The van der Waals surface area contributed by atoms with Gasteiger partial charge in [0.2, 0.25) is 0 Å². The molecule has 3 nitrogen and oxygen atoms in total. The van der Waals surface area contributed by atoms with Crippen molar-refractivity contribution >= 4 is 75.9 Å². The fraction of sp³-hybridized carbons (Fsp3) is 0. The lowest BCUT2D eigenvalue weighted by Crippen LogP contribution is -1.94. The van der Waals surface area contributed by atoms with E-state index in [-0.39, 0.29) is 0 Å². The third-order valence-electron chi connectivity index (χ3n) is 10.9. The van der Waals surface area contributed by atoms with Crippen LogP contribution in [-0.2, 0) is 0 Å². The van der Waals surface area contributed by atoms with Crippen molar-refractivity contribution in [3.63, 3.8) is 0 Å². The van der Waals surface area contributed by atoms with Crippen LogP contribution in [0.15, 0.2) is 176 Å². The van der Waals surface area contributed by atoms with E-state index in [4.69, 9.17) is 0 Å². The van der Waals surface area contributed by atoms with E-state index >= 15 is 0 Å². The first-order valence-corrected chi connectivity index (χ1v) is 17.7. The van der Waals surface area contributed by atoms with E-state index in [0.29, 0.717) is 5.56 Å². The van der Waals surface area contributed by atoms with Gasteiger partial charge in [-0.2, -0.15) is 5.26 Å². The largest absolute Gasteiger partial charge is 0.309 e. The highest BCUT2D eigenvalue weighted by molar-refractivity contribution is 6.26. The molecule has 2 aromatic heterocycles. The highest BCUT2D eigenvalue weighted by atomic mass is 15.0. The zero-order chi connectivity index (χ0) is 34.3. The van der Waals surface area contributed by atoms with Gasteiger partial charge in [0.05, 0.1) is 33.7 Å². The van der Waals surface area contributed by atoms with E-state index in [1.165, 1.54) is 76.6 Å². The predicted octanol–water partition coefficient (Wildman–Crippen LogP) is 12.9. The fourth-order valence-electron chi connectivity index (χ4n) is 8.59. The van der Waals surface area contributed by atoms with E-state index in [2.05, 4.69) is 179 Å². The molecule has 0 aliphatic heterocycles. The molecule has 0 radical (unpaired) electrons. The number of rotatable bonds is 3. The summed E-state index contributed by atoms with van der Waals surface area (Å²) in [7, 11) is 0. The van der Waals surface area contributed by atoms with Crippen molar-refractivity contribution in [2.24, 2.45) is 0 Å². The molecule has 3 heteroatoms. The second-order valence-electron chi connectivity index (χ2n) is 13.7. The van der Waals surface area contributed by atoms with Crippen molar-refractivity contribution in [3.8, 4) is 28.6 Å². The lowest BCUT2D eigenvalue weighted by molar-refractivity contribution is 1.18. The molecular formula is C49H29N3. The minimum absolute atomic E-state index is 0.678. The van der Waals surface area contributed by atoms with Crippen LogP contribution in [0.2, 0.25) is 0 Å². The summed E-state index contributed by atoms with van der Waals surface area (Å²) in [5, 5.41) is 21.6. The van der Waals surface area contributed by atoms with E-state index in [0.717, 1.165) is 21.8 Å². The van der Waals surface area contributed by atoms with E-state index in [1.54, 1.807) is 0 Å². The number of hydrogen-bond donors (Lipinski definition) is 0. The normalized spacial score (nSPS) is 11.8. The molecule has 0 bridgehead atoms. The van der Waals surface area contributed by atoms with Crippen molar-refractivity contribution in [1.29, 1.82) is 5.26 Å². The number of benzene rings is 9. The Morgan fingerprint density at radius 1 is 0.308 bits per heavy atom. The number of nitrogens with zero attached hydrogens (tertiary/aromatic N) is 3. The maximum absolute atomic E-state index is 9.65. The van der Waals surface area contributed by atoms with Crippen molar-refractivity contribution in [3.05, 3.63) is 181 Å². The molecule has 0 aliphatic carbocycles. The standard InChI is InChI=1S/C49H29N3/c50-30-31-18-22-38-39-23-21-35(29-43(39)37-13-5-4-12-36(37)42(38)26-31)52-47-17-9-7-15-41(47)45-28-33(20-25-49(45)52)32-19-24-48-44(27-32)40-14-6-8-16-46(40)51(48)34-10-2-1-3-11-34/h1-29H. The van der Waals surface area contributed by atoms with Gasteiger partial charge >= 0.3 is 0 Å². The lowest BCUT2D eigenvalue weighted by atomic mass is 9.93. The third kappa shape index (κ3) is 4.07. The van der Waals surface area contributed by atoms with Crippen LogP contribution >= 0.6 is 0 Å². The Labute approximate surface area is 299 Å². The summed E-state index contributed by atoms with van der Waals surface area (Å²) < 4.78 is 4.77. The Hall–Kier alpha value is -7.15. The summed E-state index contributed by atoms with van der Waals surface area (Å²) in [5.74, 6) is 0. The van der Waals surface area contributed by atoms with Gasteiger partial charge in [-0.05, 0) is 116 Å². The van der Waals surface area contributed by atoms with Gasteiger partial charge in [0.25, 0.3) is 0 Å². The SMILES string of the molecule is N#Cc1ccc2c3ccc(-n4c5ccccc5c5cc(-c6ccc7c(c6)c6ccccc6n7-c6ccccc6)ccc54)cc3c3ccccc3c2c1. The van der Waals surface area contributed by atoms with Gasteiger partial charge in [-0.1, -0.05) is 103 Å². The Morgan fingerprint density at radius 3 is 1.37 bits per heavy atom. The second-order valence-corrected chi connectivity index (χ2v) is 13.7. The van der Waals surface area contributed by atoms with Crippen LogP contribution in [0.4, 0.5) is 0 Å². The molecule has 0 amide bonds. The van der Waals surface area contributed by atoms with E-state index in [9.17, 15) is 5.26 Å². The summed E-state index contributed by atoms with van der Waals surface area (Å²) in [6.07, 6.45) is 0. The minimum atomic E-state index is 0.678. The first-order valence-electron chi connectivity index (χ1n) is 17.7. The van der Waals surface area contributed by atoms with Gasteiger partial charge < -0.3 is 9.13 Å². The van der Waals surface area contributed by atoms with Crippen LogP contribution in [-0.4, -0.2) is 9.13 Å². The Bertz CT molecular complexity index is 3280. The monoisotopic (exact) mass is 659 g/mol. The van der Waals surface area contributed by atoms with Crippen LogP contribution in [0.5, 0.6) is 0 Å². The molecule has 0 aliphatic rings. The van der Waals surface area contributed by atoms with Gasteiger partial charge in [0.1, 0.15) is 0 Å². The number of para-hydroxylation sites is 3. The molecule has 11 rings (SSSR count). The first-order chi connectivity index (χ1) is 25.7. The zero-order valence-corrected chi connectivity index (χ0v) is 28.1. The summed E-state index contributed by atoms with van der Waals surface area (Å²) >= 11 is 0. The van der Waals surface area contributed by atoms with Crippen molar-refractivity contribution in [2.45, 2.75) is 0 Å². The fourth-order valence-corrected chi connectivity index (χ4v) is 8.59. The molecule has 11 aromatic rings. The smallest absolute Gasteiger partial charge is 0.0991 e. The van der Waals surface area contributed by atoms with Gasteiger partial charge in [-0.3, -0.25) is 0 Å². The van der Waals surface area contributed by atoms with Crippen molar-refractivity contribution in [2.75, 3.05) is 0 Å². The lowest BCUT2D eigenvalue weighted by Gasteiger charge is -2.14. The highest BCUT2D eigenvalue weighted by Gasteiger charge is 2.17. The molecule has 0 spiro atoms. The zero-order valence-electron chi connectivity index (χ0n) is 28.1. The van der Waals surface area contributed by atoms with E-state index in [1.807, 2.05) is 12.1 Å². The van der Waals surface area contributed by atoms with Crippen LogP contribution in [0, 0.1) is 11.3 Å². The van der Waals surface area contributed by atoms with Crippen LogP contribution in [0.25, 0.3) is 98.4 Å². The molecule has 52 heavy (non-hydrogen) atoms. The Morgan fingerprint density at radius 2 is 0.769 bits per heavy atom. The average molecular weight is 660 g/mol. The van der Waals surface area contributed by atoms with Crippen LogP contribution < -0.4 is 0 Å². The predicted molar refractivity (Wildman–Crippen MR) is 218 cm³/mol. The molecule has 9 aromatic carbocycles. The molecule has 0 atom stereocenters. The maximum Gasteiger partial charge on any atom is 0.0991 e. The Balaban J connectivity index is 1.11. The van der Waals surface area contributed by atoms with Gasteiger partial charge in [0, 0.05) is 32.9 Å². The molecule has 0 saturated carbocycles. The van der Waals surface area contributed by atoms with Gasteiger partial charge in [-0.25, -0.2) is 0 Å². The molecule has 2 heterocycles. The van der Waals surface area contributed by atoms with Crippen LogP contribution in [0.3, 0.4) is 0 Å². The summed E-state index contributed by atoms with van der Waals surface area (Å²) in [6, 6.07) is 65.6. The maximum atomic E-state index is 9.65. The quantitative estimate of drug-likeness (QED) is 0.174. The van der Waals surface area contributed by atoms with Crippen LogP contribution in [0.1, 0.15) is 5.56 Å². The molecule has 0 saturated heterocycles. The minimum Gasteiger partial charge on any atom is -0.309 e. The molecule has 0 N–H and O–H groups in total. The molecular weight excluding hydrogens is 631 g/mol. The number of hydrogen-bond acceptors (Lipinski definition) is 1. The number of aromatic nitrogens is 2. The van der Waals surface area contributed by atoms with Crippen molar-refractivity contribution in [1.82, 2.24) is 9.13 Å². The second kappa shape index (κ2) is 10.9. The molecule has 0 unspecified atom stereocenters. The topological polar surface area (TPSA) is 33.6 Å². The van der Waals surface area contributed by atoms with Gasteiger partial charge in [-0.15, -0.1) is 0 Å². The summed E-state index contributed by atoms with van der Waals surface area (Å²) in [4.78, 5) is 0. The third-order valence-corrected chi connectivity index (χ3v) is 10.9. The first kappa shape index (κ1) is 28.7. The Kier molecular flexibility index (Phi) is 6.02. The van der Waals surface area contributed by atoms with E-state index < -0.39 is 0 Å². The van der Waals surface area contributed by atoms with Gasteiger partial charge in [0.15, 0.2) is 0 Å². The van der Waals surface area contributed by atoms with Crippen molar-refractivity contribution < 1.29 is 0 Å². The molecule has 0 fully saturated rings. The number of fused-ring (bicyclic) bond motifs is 12. The number of nitriles is 1. The highest BCUT2D eigenvalue weighted by Crippen LogP contribution is 2.40. The molecule has 240 valence electrons. The summed E-state index contributed by atoms with van der Waals surface area (Å²) in [6.45, 7) is 0. The average Bonchev–Trinajstić information content (AvgIpc) is 3.73. The summed E-state index contributed by atoms with van der Waals surface area (Å²) in [5.41, 5.74) is 10.1.